The quantitative estimate of drug-likeness (QED) is 0.633. The third kappa shape index (κ3) is 5.62. The van der Waals surface area contributed by atoms with Gasteiger partial charge in [0.2, 0.25) is 0 Å². The summed E-state index contributed by atoms with van der Waals surface area (Å²) >= 11 is 0. The lowest BCUT2D eigenvalue weighted by atomic mass is 10.0. The average molecular weight is 294 g/mol. The van der Waals surface area contributed by atoms with Crippen LogP contribution in [0.15, 0.2) is 42.5 Å². The lowest BCUT2D eigenvalue weighted by molar-refractivity contribution is 0.565. The SMILES string of the molecule is CC(C)c1ccc(F)cc1.CC(C)c1ccc(F)cc1F. The van der Waals surface area contributed by atoms with Crippen molar-refractivity contribution in [1.29, 1.82) is 0 Å². The highest BCUT2D eigenvalue weighted by Gasteiger charge is 2.06. The highest BCUT2D eigenvalue weighted by Crippen LogP contribution is 2.18. The Bertz CT molecular complexity index is 557. The molecule has 0 radical (unpaired) electrons. The summed E-state index contributed by atoms with van der Waals surface area (Å²) in [5.41, 5.74) is 1.74. The van der Waals surface area contributed by atoms with E-state index >= 15 is 0 Å². The molecule has 0 unspecified atom stereocenters. The standard InChI is InChI=1S/C9H10F2.C9H11F/c1-6(2)8-4-3-7(10)5-9(8)11;1-7(2)8-3-5-9(10)6-4-8/h3-6H,1-2H3;3-7H,1-2H3. The molecule has 0 saturated heterocycles. The van der Waals surface area contributed by atoms with Crippen LogP contribution in [-0.2, 0) is 0 Å². The van der Waals surface area contributed by atoms with Gasteiger partial charge in [-0.05, 0) is 41.2 Å². The molecule has 0 spiro atoms. The monoisotopic (exact) mass is 294 g/mol. The van der Waals surface area contributed by atoms with Crippen molar-refractivity contribution in [2.45, 2.75) is 39.5 Å². The first-order valence-electron chi connectivity index (χ1n) is 7.01. The van der Waals surface area contributed by atoms with Gasteiger partial charge in [-0.25, -0.2) is 13.2 Å². The van der Waals surface area contributed by atoms with Gasteiger partial charge in [-0.1, -0.05) is 45.9 Å². The number of benzene rings is 2. The fraction of sp³-hybridized carbons (Fsp3) is 0.333. The van der Waals surface area contributed by atoms with Gasteiger partial charge in [0.1, 0.15) is 17.5 Å². The summed E-state index contributed by atoms with van der Waals surface area (Å²) in [6.07, 6.45) is 0. The van der Waals surface area contributed by atoms with Gasteiger partial charge in [-0.2, -0.15) is 0 Å². The van der Waals surface area contributed by atoms with Crippen LogP contribution in [0, 0.1) is 17.5 Å². The van der Waals surface area contributed by atoms with Crippen molar-refractivity contribution >= 4 is 0 Å². The predicted octanol–water partition coefficient (Wildman–Crippen LogP) is 6.04. The molecule has 0 heterocycles. The van der Waals surface area contributed by atoms with Gasteiger partial charge >= 0.3 is 0 Å². The zero-order valence-corrected chi connectivity index (χ0v) is 12.8. The van der Waals surface area contributed by atoms with Crippen LogP contribution in [0.1, 0.15) is 50.7 Å². The smallest absolute Gasteiger partial charge is 0.129 e. The molecular formula is C18H21F3. The molecule has 3 heteroatoms. The Morgan fingerprint density at radius 1 is 0.667 bits per heavy atom. The minimum atomic E-state index is -0.521. The largest absolute Gasteiger partial charge is 0.207 e. The molecule has 0 saturated carbocycles. The summed E-state index contributed by atoms with van der Waals surface area (Å²) in [6, 6.07) is 10.3. The second-order valence-corrected chi connectivity index (χ2v) is 5.53. The molecule has 2 aromatic rings. The highest BCUT2D eigenvalue weighted by atomic mass is 19.1. The number of hydrogen-bond donors (Lipinski definition) is 0. The summed E-state index contributed by atoms with van der Waals surface area (Å²) in [6.45, 7) is 7.92. The van der Waals surface area contributed by atoms with E-state index in [-0.39, 0.29) is 11.7 Å². The van der Waals surface area contributed by atoms with Crippen molar-refractivity contribution < 1.29 is 13.2 Å². The molecule has 0 amide bonds. The van der Waals surface area contributed by atoms with Crippen LogP contribution < -0.4 is 0 Å². The van der Waals surface area contributed by atoms with E-state index in [1.54, 1.807) is 0 Å². The Balaban J connectivity index is 0.000000211. The molecule has 0 N–H and O–H groups in total. The topological polar surface area (TPSA) is 0 Å². The fourth-order valence-corrected chi connectivity index (χ4v) is 1.82. The Morgan fingerprint density at radius 3 is 1.62 bits per heavy atom. The summed E-state index contributed by atoms with van der Waals surface area (Å²) < 4.78 is 37.6. The van der Waals surface area contributed by atoms with Gasteiger partial charge in [-0.3, -0.25) is 0 Å². The van der Waals surface area contributed by atoms with Gasteiger partial charge in [0.05, 0.1) is 0 Å². The second kappa shape index (κ2) is 7.87. The van der Waals surface area contributed by atoms with Crippen LogP contribution >= 0.6 is 0 Å². The molecule has 0 aliphatic heterocycles. The van der Waals surface area contributed by atoms with E-state index < -0.39 is 11.6 Å². The Kier molecular flexibility index (Phi) is 6.47. The van der Waals surface area contributed by atoms with Crippen molar-refractivity contribution in [2.75, 3.05) is 0 Å². The van der Waals surface area contributed by atoms with Crippen LogP contribution in [-0.4, -0.2) is 0 Å². The van der Waals surface area contributed by atoms with E-state index in [1.807, 2.05) is 26.0 Å². The van der Waals surface area contributed by atoms with Crippen molar-refractivity contribution in [1.82, 2.24) is 0 Å². The minimum absolute atomic E-state index is 0.107. The molecule has 114 valence electrons. The maximum atomic E-state index is 12.9. The van der Waals surface area contributed by atoms with E-state index in [4.69, 9.17) is 0 Å². The first kappa shape index (κ1) is 17.3. The van der Waals surface area contributed by atoms with Crippen molar-refractivity contribution in [3.05, 3.63) is 71.0 Å². The molecule has 0 fully saturated rings. The molecule has 0 aliphatic rings. The van der Waals surface area contributed by atoms with Crippen LogP contribution in [0.3, 0.4) is 0 Å². The van der Waals surface area contributed by atoms with Crippen LogP contribution in [0.25, 0.3) is 0 Å². The van der Waals surface area contributed by atoms with E-state index in [0.717, 1.165) is 6.07 Å². The lowest BCUT2D eigenvalue weighted by Gasteiger charge is -2.05. The normalized spacial score (nSPS) is 10.5. The second-order valence-electron chi connectivity index (χ2n) is 5.53. The molecule has 21 heavy (non-hydrogen) atoms. The summed E-state index contributed by atoms with van der Waals surface area (Å²) in [7, 11) is 0. The summed E-state index contributed by atoms with van der Waals surface area (Å²) in [4.78, 5) is 0. The van der Waals surface area contributed by atoms with Gasteiger partial charge in [0.25, 0.3) is 0 Å². The average Bonchev–Trinajstić information content (AvgIpc) is 2.39. The number of halogens is 3. The fourth-order valence-electron chi connectivity index (χ4n) is 1.82. The van der Waals surface area contributed by atoms with Gasteiger partial charge in [-0.15, -0.1) is 0 Å². The summed E-state index contributed by atoms with van der Waals surface area (Å²) in [5.74, 6) is -0.549. The third-order valence-corrected chi connectivity index (χ3v) is 3.12. The van der Waals surface area contributed by atoms with Crippen molar-refractivity contribution in [2.24, 2.45) is 0 Å². The van der Waals surface area contributed by atoms with Crippen LogP contribution in [0.4, 0.5) is 13.2 Å². The van der Waals surface area contributed by atoms with E-state index in [1.165, 1.54) is 29.8 Å². The lowest BCUT2D eigenvalue weighted by Crippen LogP contribution is -1.92. The van der Waals surface area contributed by atoms with Crippen molar-refractivity contribution in [3.8, 4) is 0 Å². The molecule has 2 rings (SSSR count). The highest BCUT2D eigenvalue weighted by molar-refractivity contribution is 5.21. The maximum Gasteiger partial charge on any atom is 0.129 e. The molecule has 0 atom stereocenters. The number of rotatable bonds is 2. The summed E-state index contributed by atoms with van der Waals surface area (Å²) in [5, 5.41) is 0. The Labute approximate surface area is 124 Å². The molecule has 2 aromatic carbocycles. The van der Waals surface area contributed by atoms with Crippen LogP contribution in [0.2, 0.25) is 0 Å². The van der Waals surface area contributed by atoms with Gasteiger partial charge in [0, 0.05) is 6.07 Å². The molecular weight excluding hydrogens is 273 g/mol. The zero-order chi connectivity index (χ0) is 16.0. The minimum Gasteiger partial charge on any atom is -0.207 e. The van der Waals surface area contributed by atoms with Crippen LogP contribution in [0.5, 0.6) is 0 Å². The molecule has 0 nitrogen and oxygen atoms in total. The van der Waals surface area contributed by atoms with Gasteiger partial charge in [0.15, 0.2) is 0 Å². The van der Waals surface area contributed by atoms with Crippen molar-refractivity contribution in [3.63, 3.8) is 0 Å². The molecule has 0 aliphatic carbocycles. The molecule has 0 bridgehead atoms. The van der Waals surface area contributed by atoms with E-state index in [2.05, 4.69) is 13.8 Å². The van der Waals surface area contributed by atoms with E-state index in [9.17, 15) is 13.2 Å². The van der Waals surface area contributed by atoms with Gasteiger partial charge < -0.3 is 0 Å². The molecule has 0 aromatic heterocycles. The predicted molar refractivity (Wildman–Crippen MR) is 80.9 cm³/mol. The first-order chi connectivity index (χ1) is 9.81. The van der Waals surface area contributed by atoms with E-state index in [0.29, 0.717) is 11.5 Å². The third-order valence-electron chi connectivity index (χ3n) is 3.12. The zero-order valence-electron chi connectivity index (χ0n) is 12.8. The number of hydrogen-bond acceptors (Lipinski definition) is 0. The Hall–Kier alpha value is -1.77. The first-order valence-corrected chi connectivity index (χ1v) is 7.01. The maximum absolute atomic E-state index is 12.9. The Morgan fingerprint density at radius 2 is 1.19 bits per heavy atom.